The molecule has 0 aliphatic heterocycles. The Kier molecular flexibility index (Phi) is 4.19. The van der Waals surface area contributed by atoms with E-state index in [4.69, 9.17) is 4.74 Å². The summed E-state index contributed by atoms with van der Waals surface area (Å²) >= 11 is 0. The van der Waals surface area contributed by atoms with Crippen molar-refractivity contribution in [3.8, 4) is 0 Å². The molecule has 0 unspecified atom stereocenters. The largest absolute Gasteiger partial charge is 0.459 e. The van der Waals surface area contributed by atoms with Crippen molar-refractivity contribution in [3.05, 3.63) is 83.9 Å². The Labute approximate surface area is 130 Å². The van der Waals surface area contributed by atoms with Crippen molar-refractivity contribution in [2.75, 3.05) is 0 Å². The second-order valence-electron chi connectivity index (χ2n) is 5.43. The fourth-order valence-electron chi connectivity index (χ4n) is 2.64. The standard InChI is InChI=1S/C20H18O2/c1-15(14-16-8-3-2-4-9-16)22-20(21)19-13-7-11-17-10-5-6-12-18(17)19/h2-13,15H,14H2,1H3/t15-/m0/s1. The molecule has 0 bridgehead atoms. The first-order chi connectivity index (χ1) is 10.7. The summed E-state index contributed by atoms with van der Waals surface area (Å²) in [6.45, 7) is 1.93. The van der Waals surface area contributed by atoms with Crippen LogP contribution in [0.2, 0.25) is 0 Å². The van der Waals surface area contributed by atoms with E-state index in [9.17, 15) is 4.79 Å². The Morgan fingerprint density at radius 1 is 0.909 bits per heavy atom. The summed E-state index contributed by atoms with van der Waals surface area (Å²) in [6.07, 6.45) is 0.561. The molecule has 0 saturated carbocycles. The van der Waals surface area contributed by atoms with Crippen molar-refractivity contribution >= 4 is 16.7 Å². The minimum absolute atomic E-state index is 0.158. The molecular formula is C20H18O2. The predicted octanol–water partition coefficient (Wildman–Crippen LogP) is 4.63. The van der Waals surface area contributed by atoms with Crippen LogP contribution in [0.25, 0.3) is 10.8 Å². The van der Waals surface area contributed by atoms with E-state index in [1.165, 1.54) is 5.56 Å². The lowest BCUT2D eigenvalue weighted by Crippen LogP contribution is -2.17. The van der Waals surface area contributed by atoms with Gasteiger partial charge < -0.3 is 4.74 Å². The molecule has 0 radical (unpaired) electrons. The number of benzene rings is 3. The lowest BCUT2D eigenvalue weighted by Gasteiger charge is -2.14. The fourth-order valence-corrected chi connectivity index (χ4v) is 2.64. The summed E-state index contributed by atoms with van der Waals surface area (Å²) in [5.41, 5.74) is 1.79. The minimum atomic E-state index is -0.264. The average Bonchev–Trinajstić information content (AvgIpc) is 2.55. The van der Waals surface area contributed by atoms with Gasteiger partial charge in [0.15, 0.2) is 0 Å². The molecule has 0 amide bonds. The molecule has 3 aromatic carbocycles. The van der Waals surface area contributed by atoms with E-state index < -0.39 is 0 Å². The highest BCUT2D eigenvalue weighted by atomic mass is 16.5. The van der Waals surface area contributed by atoms with Crippen LogP contribution in [0.4, 0.5) is 0 Å². The highest BCUT2D eigenvalue weighted by Gasteiger charge is 2.14. The third-order valence-corrected chi connectivity index (χ3v) is 3.68. The Bertz CT molecular complexity index is 773. The second kappa shape index (κ2) is 6.44. The van der Waals surface area contributed by atoms with Gasteiger partial charge in [0.2, 0.25) is 0 Å². The van der Waals surface area contributed by atoms with Gasteiger partial charge in [-0.3, -0.25) is 0 Å². The minimum Gasteiger partial charge on any atom is -0.459 e. The van der Waals surface area contributed by atoms with E-state index in [-0.39, 0.29) is 12.1 Å². The van der Waals surface area contributed by atoms with Gasteiger partial charge in [0.1, 0.15) is 6.10 Å². The third-order valence-electron chi connectivity index (χ3n) is 3.68. The van der Waals surface area contributed by atoms with Crippen LogP contribution in [-0.2, 0) is 11.2 Å². The van der Waals surface area contributed by atoms with Gasteiger partial charge in [0, 0.05) is 6.42 Å². The monoisotopic (exact) mass is 290 g/mol. The molecule has 0 heterocycles. The van der Waals surface area contributed by atoms with Crippen molar-refractivity contribution in [2.45, 2.75) is 19.4 Å². The van der Waals surface area contributed by atoms with Crippen molar-refractivity contribution in [2.24, 2.45) is 0 Å². The molecule has 3 aromatic rings. The molecule has 2 nitrogen and oxygen atoms in total. The molecule has 0 aliphatic rings. The zero-order valence-corrected chi connectivity index (χ0v) is 12.5. The van der Waals surface area contributed by atoms with Gasteiger partial charge in [-0.25, -0.2) is 4.79 Å². The molecule has 110 valence electrons. The molecule has 2 heteroatoms. The summed E-state index contributed by atoms with van der Waals surface area (Å²) in [7, 11) is 0. The van der Waals surface area contributed by atoms with Crippen LogP contribution in [0.3, 0.4) is 0 Å². The molecule has 0 fully saturated rings. The Morgan fingerprint density at radius 2 is 1.59 bits per heavy atom. The highest BCUT2D eigenvalue weighted by Crippen LogP contribution is 2.20. The molecule has 0 spiro atoms. The van der Waals surface area contributed by atoms with Crippen LogP contribution < -0.4 is 0 Å². The van der Waals surface area contributed by atoms with Gasteiger partial charge in [0.25, 0.3) is 0 Å². The van der Waals surface area contributed by atoms with Gasteiger partial charge in [-0.1, -0.05) is 66.7 Å². The summed E-state index contributed by atoms with van der Waals surface area (Å²) in [6, 6.07) is 23.6. The number of esters is 1. The van der Waals surface area contributed by atoms with Crippen molar-refractivity contribution < 1.29 is 9.53 Å². The van der Waals surface area contributed by atoms with Gasteiger partial charge >= 0.3 is 5.97 Å². The van der Waals surface area contributed by atoms with Crippen LogP contribution in [-0.4, -0.2) is 12.1 Å². The van der Waals surface area contributed by atoms with Crippen LogP contribution in [0, 0.1) is 0 Å². The topological polar surface area (TPSA) is 26.3 Å². The van der Waals surface area contributed by atoms with Gasteiger partial charge in [-0.15, -0.1) is 0 Å². The molecule has 0 saturated heterocycles. The van der Waals surface area contributed by atoms with E-state index in [0.29, 0.717) is 5.56 Å². The number of ether oxygens (including phenoxy) is 1. The van der Waals surface area contributed by atoms with Crippen LogP contribution in [0.1, 0.15) is 22.8 Å². The zero-order valence-electron chi connectivity index (χ0n) is 12.5. The number of hydrogen-bond acceptors (Lipinski definition) is 2. The molecular weight excluding hydrogens is 272 g/mol. The lowest BCUT2D eigenvalue weighted by atomic mass is 10.0. The smallest absolute Gasteiger partial charge is 0.339 e. The van der Waals surface area contributed by atoms with Gasteiger partial charge in [0.05, 0.1) is 5.56 Å². The quantitative estimate of drug-likeness (QED) is 0.655. The maximum absolute atomic E-state index is 12.4. The molecule has 22 heavy (non-hydrogen) atoms. The number of rotatable bonds is 4. The molecule has 3 rings (SSSR count). The molecule has 0 aliphatic carbocycles. The maximum Gasteiger partial charge on any atom is 0.339 e. The highest BCUT2D eigenvalue weighted by molar-refractivity contribution is 6.04. The predicted molar refractivity (Wildman–Crippen MR) is 89.0 cm³/mol. The molecule has 0 aromatic heterocycles. The first-order valence-corrected chi connectivity index (χ1v) is 7.47. The summed E-state index contributed by atoms with van der Waals surface area (Å²) in [5, 5.41) is 1.98. The van der Waals surface area contributed by atoms with Crippen LogP contribution in [0.5, 0.6) is 0 Å². The van der Waals surface area contributed by atoms with E-state index in [2.05, 4.69) is 0 Å². The first kappa shape index (κ1) is 14.3. The number of carbonyl (C=O) groups is 1. The number of fused-ring (bicyclic) bond motifs is 1. The zero-order chi connectivity index (χ0) is 15.4. The summed E-state index contributed by atoms with van der Waals surface area (Å²) in [5.74, 6) is -0.264. The third kappa shape index (κ3) is 3.17. The van der Waals surface area contributed by atoms with Crippen LogP contribution >= 0.6 is 0 Å². The average molecular weight is 290 g/mol. The van der Waals surface area contributed by atoms with Crippen LogP contribution in [0.15, 0.2) is 72.8 Å². The second-order valence-corrected chi connectivity index (χ2v) is 5.43. The Hall–Kier alpha value is -2.61. The van der Waals surface area contributed by atoms with Crippen molar-refractivity contribution in [1.82, 2.24) is 0 Å². The van der Waals surface area contributed by atoms with E-state index in [1.54, 1.807) is 0 Å². The number of carbonyl (C=O) groups excluding carboxylic acids is 1. The Balaban J connectivity index is 1.76. The Morgan fingerprint density at radius 3 is 2.41 bits per heavy atom. The van der Waals surface area contributed by atoms with E-state index in [1.807, 2.05) is 79.7 Å². The first-order valence-electron chi connectivity index (χ1n) is 7.47. The summed E-state index contributed by atoms with van der Waals surface area (Å²) < 4.78 is 5.61. The number of hydrogen-bond donors (Lipinski definition) is 0. The fraction of sp³-hybridized carbons (Fsp3) is 0.150. The lowest BCUT2D eigenvalue weighted by molar-refractivity contribution is 0.0345. The SMILES string of the molecule is C[C@@H](Cc1ccccc1)OC(=O)c1cccc2ccccc12. The van der Waals surface area contributed by atoms with Gasteiger partial charge in [-0.05, 0) is 29.3 Å². The van der Waals surface area contributed by atoms with E-state index >= 15 is 0 Å². The molecule has 0 N–H and O–H groups in total. The van der Waals surface area contributed by atoms with Crippen molar-refractivity contribution in [1.29, 1.82) is 0 Å². The van der Waals surface area contributed by atoms with E-state index in [0.717, 1.165) is 17.2 Å². The normalized spacial score (nSPS) is 12.0. The maximum atomic E-state index is 12.4. The van der Waals surface area contributed by atoms with Gasteiger partial charge in [-0.2, -0.15) is 0 Å². The van der Waals surface area contributed by atoms with Crippen molar-refractivity contribution in [3.63, 3.8) is 0 Å². The summed E-state index contributed by atoms with van der Waals surface area (Å²) in [4.78, 5) is 12.4. The molecule has 1 atom stereocenters.